The fourth-order valence-corrected chi connectivity index (χ4v) is 6.90. The Balaban J connectivity index is 0.000000265. The largest absolute Gasteiger partial charge is 0.497 e. The second-order valence-electron chi connectivity index (χ2n) is 13.1. The minimum absolute atomic E-state index is 0.482. The van der Waals surface area contributed by atoms with Crippen molar-refractivity contribution in [2.45, 2.75) is 117 Å². The second kappa shape index (κ2) is 20.7. The highest BCUT2D eigenvalue weighted by Crippen LogP contribution is 2.31. The predicted octanol–water partition coefficient (Wildman–Crippen LogP) is 11.1. The normalized spacial score (nSPS) is 11.2. The molecule has 4 heteroatoms. The molecular weight excluding hydrogens is 549 g/mol. The summed E-state index contributed by atoms with van der Waals surface area (Å²) in [4.78, 5) is 0. The number of unbranched alkanes of at least 4 members (excludes halogenated alkanes) is 7. The van der Waals surface area contributed by atoms with Crippen LogP contribution in [0.5, 0.6) is 11.5 Å². The highest BCUT2D eigenvalue weighted by molar-refractivity contribution is 6.78. The molecule has 0 unspecified atom stereocenters. The number of hydrogen-bond acceptors (Lipinski definition) is 2. The molecule has 244 valence electrons. The van der Waals surface area contributed by atoms with Crippen LogP contribution >= 0.6 is 0 Å². The van der Waals surface area contributed by atoms with Crippen molar-refractivity contribution in [1.82, 2.24) is 0 Å². The Hall–Kier alpha value is -3.27. The summed E-state index contributed by atoms with van der Waals surface area (Å²) in [6.45, 7) is 8.03. The molecule has 45 heavy (non-hydrogen) atoms. The highest BCUT2D eigenvalue weighted by Gasteiger charge is 2.24. The van der Waals surface area contributed by atoms with Crippen LogP contribution in [0.4, 0.5) is 0 Å². The smallest absolute Gasteiger partial charge is 0.212 e. The molecule has 0 bridgehead atoms. The van der Waals surface area contributed by atoms with Crippen LogP contribution in [0.2, 0.25) is 12.6 Å². The molecule has 0 N–H and O–H groups in total. The molecule has 0 saturated heterocycles. The minimum atomic E-state index is -0.482. The van der Waals surface area contributed by atoms with Gasteiger partial charge in [-0.25, -0.2) is 0 Å². The summed E-state index contributed by atoms with van der Waals surface area (Å²) >= 11 is 0. The third-order valence-corrected chi connectivity index (χ3v) is 9.54. The summed E-state index contributed by atoms with van der Waals surface area (Å²) in [5.41, 5.74) is 4.24. The number of nitrogens with zero attached hydrogens (tertiary/aromatic N) is 1. The summed E-state index contributed by atoms with van der Waals surface area (Å²) in [5.74, 6) is 1.88. The lowest BCUT2D eigenvalue weighted by Gasteiger charge is -2.40. The number of hydrogen-bond donors (Lipinski definition) is 0. The summed E-state index contributed by atoms with van der Waals surface area (Å²) in [6, 6.07) is 30.4. The van der Waals surface area contributed by atoms with Crippen molar-refractivity contribution in [3.8, 4) is 11.5 Å². The van der Waals surface area contributed by atoms with Gasteiger partial charge in [-0.2, -0.15) is 29.8 Å². The van der Waals surface area contributed by atoms with Crippen molar-refractivity contribution in [2.24, 2.45) is 0 Å². The number of aryl methyl sites for hydroxylation is 1. The second-order valence-corrected chi connectivity index (χ2v) is 13.1. The van der Waals surface area contributed by atoms with E-state index in [9.17, 15) is 0 Å². The van der Waals surface area contributed by atoms with Crippen LogP contribution < -0.4 is 14.0 Å². The van der Waals surface area contributed by atoms with Gasteiger partial charge < -0.3 is 9.47 Å². The predicted molar refractivity (Wildman–Crippen MR) is 196 cm³/mol. The molecule has 3 nitrogen and oxygen atoms in total. The molecule has 1 heterocycles. The molecule has 0 atom stereocenters. The van der Waals surface area contributed by atoms with Gasteiger partial charge in [-0.3, -0.25) is 0 Å². The van der Waals surface area contributed by atoms with Crippen LogP contribution in [0.3, 0.4) is 0 Å². The third-order valence-electron chi connectivity index (χ3n) is 9.54. The maximum atomic E-state index is 5.34. The van der Waals surface area contributed by atoms with Gasteiger partial charge >= 0.3 is 0 Å². The molecule has 4 aromatic rings. The molecule has 0 spiro atoms. The third kappa shape index (κ3) is 12.6. The Morgan fingerprint density at radius 1 is 0.533 bits per heavy atom. The van der Waals surface area contributed by atoms with Gasteiger partial charge in [0.05, 0.1) is 14.2 Å². The molecule has 0 fully saturated rings. The van der Waals surface area contributed by atoms with E-state index in [1.165, 1.54) is 112 Å². The quantitative estimate of drug-likeness (QED) is 0.0599. The molecule has 0 amide bonds. The van der Waals surface area contributed by atoms with E-state index in [0.29, 0.717) is 0 Å². The molecule has 0 aliphatic heterocycles. The summed E-state index contributed by atoms with van der Waals surface area (Å²) in [5, 5.41) is 1.34. The number of pyridine rings is 1. The van der Waals surface area contributed by atoms with E-state index in [-0.39, 0.29) is 0 Å². The van der Waals surface area contributed by atoms with Crippen molar-refractivity contribution in [3.63, 3.8) is 0 Å². The maximum absolute atomic E-state index is 5.34. The average molecular weight is 610 g/mol. The van der Waals surface area contributed by atoms with E-state index in [1.54, 1.807) is 14.2 Å². The number of para-hydroxylation sites is 1. The van der Waals surface area contributed by atoms with Crippen LogP contribution in [-0.2, 0) is 19.2 Å². The van der Waals surface area contributed by atoms with E-state index in [2.05, 4.69) is 116 Å². The average Bonchev–Trinajstić information content (AvgIpc) is 3.09. The van der Waals surface area contributed by atoms with Crippen molar-refractivity contribution in [3.05, 3.63) is 102 Å². The SMILES string of the molecule is CCCCCCCC[n+]1cccc2ccccc21.CCCC[B-](CCCC)(Cc1ccc(OC)cc1)Cc1ccc(OC)cc1. The fourth-order valence-electron chi connectivity index (χ4n) is 6.90. The Bertz CT molecular complexity index is 1270. The molecule has 0 aliphatic carbocycles. The molecule has 3 aromatic carbocycles. The highest BCUT2D eigenvalue weighted by atomic mass is 16.5. The zero-order valence-electron chi connectivity index (χ0n) is 29.1. The topological polar surface area (TPSA) is 22.3 Å². The lowest BCUT2D eigenvalue weighted by molar-refractivity contribution is -0.671. The molecule has 0 aliphatic rings. The van der Waals surface area contributed by atoms with Crippen molar-refractivity contribution < 1.29 is 14.0 Å². The van der Waals surface area contributed by atoms with Gasteiger partial charge in [0, 0.05) is 30.1 Å². The first-order valence-electron chi connectivity index (χ1n) is 17.9. The number of ether oxygens (including phenoxy) is 2. The Morgan fingerprint density at radius 3 is 1.56 bits per heavy atom. The van der Waals surface area contributed by atoms with Crippen LogP contribution in [0.1, 0.15) is 96.1 Å². The number of methoxy groups -OCH3 is 2. The van der Waals surface area contributed by atoms with E-state index in [0.717, 1.165) is 18.0 Å². The first-order chi connectivity index (χ1) is 22.1. The summed E-state index contributed by atoms with van der Waals surface area (Å²) in [6.07, 6.45) is 20.1. The maximum Gasteiger partial charge on any atom is 0.212 e. The number of rotatable bonds is 19. The fraction of sp³-hybridized carbons (Fsp3) is 0.488. The number of aromatic nitrogens is 1. The van der Waals surface area contributed by atoms with Crippen molar-refractivity contribution in [1.29, 1.82) is 0 Å². The monoisotopic (exact) mass is 609 g/mol. The van der Waals surface area contributed by atoms with Gasteiger partial charge in [-0.05, 0) is 42.8 Å². The zero-order chi connectivity index (χ0) is 32.2. The lowest BCUT2D eigenvalue weighted by Crippen LogP contribution is -2.40. The van der Waals surface area contributed by atoms with Crippen LogP contribution in [0.15, 0.2) is 91.1 Å². The molecular formula is C41H60BNO2. The van der Waals surface area contributed by atoms with Crippen molar-refractivity contribution in [2.75, 3.05) is 14.2 Å². The molecule has 4 rings (SSSR count). The summed E-state index contributed by atoms with van der Waals surface area (Å²) in [7, 11) is 3.46. The Morgan fingerprint density at radius 2 is 1.02 bits per heavy atom. The van der Waals surface area contributed by atoms with E-state index in [4.69, 9.17) is 9.47 Å². The lowest BCUT2D eigenvalue weighted by atomic mass is 9.17. The van der Waals surface area contributed by atoms with Crippen LogP contribution in [0.25, 0.3) is 10.9 Å². The zero-order valence-corrected chi connectivity index (χ0v) is 29.1. The van der Waals surface area contributed by atoms with Gasteiger partial charge in [0.25, 0.3) is 0 Å². The van der Waals surface area contributed by atoms with E-state index >= 15 is 0 Å². The van der Waals surface area contributed by atoms with Crippen molar-refractivity contribution >= 4 is 17.0 Å². The Kier molecular flexibility index (Phi) is 16.7. The van der Waals surface area contributed by atoms with Gasteiger partial charge in [0.15, 0.2) is 6.20 Å². The first kappa shape index (κ1) is 36.2. The van der Waals surface area contributed by atoms with Gasteiger partial charge in [-0.1, -0.05) is 120 Å². The number of benzene rings is 3. The van der Waals surface area contributed by atoms with Gasteiger partial charge in [-0.15, -0.1) is 0 Å². The minimum Gasteiger partial charge on any atom is -0.497 e. The summed E-state index contributed by atoms with van der Waals surface area (Å²) < 4.78 is 13.1. The van der Waals surface area contributed by atoms with Crippen LogP contribution in [0, 0.1) is 0 Å². The number of fused-ring (bicyclic) bond motifs is 1. The first-order valence-corrected chi connectivity index (χ1v) is 17.9. The molecule has 0 radical (unpaired) electrons. The van der Waals surface area contributed by atoms with E-state index in [1.807, 2.05) is 0 Å². The Labute approximate surface area is 275 Å². The van der Waals surface area contributed by atoms with Gasteiger partial charge in [0.1, 0.15) is 18.0 Å². The molecule has 1 aromatic heterocycles. The van der Waals surface area contributed by atoms with Gasteiger partial charge in [0.2, 0.25) is 5.52 Å². The van der Waals surface area contributed by atoms with E-state index < -0.39 is 6.15 Å². The van der Waals surface area contributed by atoms with Crippen LogP contribution in [-0.4, -0.2) is 20.4 Å². The molecule has 0 saturated carbocycles. The standard InChI is InChI=1S/C24H36BO2.C17H24N/c1-5-7-17-25(18-8-6-2,19-21-9-13-23(26-3)14-10-21)20-22-11-15-24(27-4)16-12-22;1-2-3-4-5-6-9-14-18-15-10-12-16-11-7-8-13-17(16)18/h9-16H,5-8,17-20H2,1-4H3;7-8,10-13,15H,2-6,9,14H2,1H3/q-1;+1.